The second-order valence-corrected chi connectivity index (χ2v) is 7.69. The van der Waals surface area contributed by atoms with Crippen LogP contribution in [0.25, 0.3) is 0 Å². The van der Waals surface area contributed by atoms with Gasteiger partial charge in [0.1, 0.15) is 6.54 Å². The first-order valence-electron chi connectivity index (χ1n) is 9.02. The Balaban J connectivity index is 1.71. The molecule has 3 aromatic carbocycles. The van der Waals surface area contributed by atoms with Crippen LogP contribution in [0.5, 0.6) is 0 Å². The van der Waals surface area contributed by atoms with Gasteiger partial charge in [-0.1, -0.05) is 70.0 Å². The van der Waals surface area contributed by atoms with Gasteiger partial charge in [-0.05, 0) is 36.4 Å². The Morgan fingerprint density at radius 2 is 1.50 bits per heavy atom. The lowest BCUT2D eigenvalue weighted by atomic mass is 10.00. The highest BCUT2D eigenvalue weighted by Crippen LogP contribution is 2.24. The Morgan fingerprint density at radius 1 is 0.867 bits per heavy atom. The third-order valence-electron chi connectivity index (χ3n) is 4.22. The van der Waals surface area contributed by atoms with Crippen LogP contribution in [0.4, 0.5) is 0 Å². The van der Waals surface area contributed by atoms with Crippen molar-refractivity contribution in [2.45, 2.75) is 6.10 Å². The molecule has 0 saturated carbocycles. The number of rotatable bonds is 7. The van der Waals surface area contributed by atoms with Crippen molar-refractivity contribution >= 4 is 45.2 Å². The van der Waals surface area contributed by atoms with E-state index in [2.05, 4.69) is 21.2 Å². The summed E-state index contributed by atoms with van der Waals surface area (Å²) < 4.78 is 6.28. The minimum atomic E-state index is -1.15. The third-order valence-corrected chi connectivity index (χ3v) is 5.00. The van der Waals surface area contributed by atoms with E-state index in [-0.39, 0.29) is 12.3 Å². The summed E-state index contributed by atoms with van der Waals surface area (Å²) in [7, 11) is 0. The van der Waals surface area contributed by atoms with Gasteiger partial charge in [-0.3, -0.25) is 14.4 Å². The van der Waals surface area contributed by atoms with E-state index in [4.69, 9.17) is 16.3 Å². The lowest BCUT2D eigenvalue weighted by molar-refractivity contribution is -0.146. The van der Waals surface area contributed by atoms with Crippen LogP contribution < -0.4 is 5.32 Å². The number of esters is 1. The number of ketones is 1. The second kappa shape index (κ2) is 10.2. The van der Waals surface area contributed by atoms with Gasteiger partial charge in [-0.2, -0.15) is 0 Å². The van der Waals surface area contributed by atoms with Crippen LogP contribution in [0.3, 0.4) is 0 Å². The maximum atomic E-state index is 13.0. The summed E-state index contributed by atoms with van der Waals surface area (Å²) in [6.45, 7) is -0.374. The van der Waals surface area contributed by atoms with Crippen molar-refractivity contribution in [3.05, 3.63) is 105 Å². The average molecular weight is 487 g/mol. The normalized spacial score (nSPS) is 11.4. The number of hydrogen-bond donors (Lipinski definition) is 1. The molecule has 152 valence electrons. The van der Waals surface area contributed by atoms with Crippen LogP contribution in [0.2, 0.25) is 5.02 Å². The fourth-order valence-corrected chi connectivity index (χ4v) is 3.08. The van der Waals surface area contributed by atoms with Crippen LogP contribution in [-0.4, -0.2) is 24.2 Å². The number of benzene rings is 3. The van der Waals surface area contributed by atoms with Gasteiger partial charge in [0.2, 0.25) is 5.78 Å². The molecule has 0 radical (unpaired) electrons. The highest BCUT2D eigenvalue weighted by Gasteiger charge is 2.26. The van der Waals surface area contributed by atoms with Crippen molar-refractivity contribution in [2.24, 2.45) is 0 Å². The number of carbonyl (C=O) groups is 3. The Labute approximate surface area is 187 Å². The van der Waals surface area contributed by atoms with Crippen molar-refractivity contribution in [3.8, 4) is 0 Å². The van der Waals surface area contributed by atoms with Crippen molar-refractivity contribution in [1.82, 2.24) is 5.32 Å². The topological polar surface area (TPSA) is 72.5 Å². The summed E-state index contributed by atoms with van der Waals surface area (Å²) in [5, 5.41) is 3.00. The largest absolute Gasteiger partial charge is 0.448 e. The molecule has 0 spiro atoms. The smallest absolute Gasteiger partial charge is 0.326 e. The number of halogens is 2. The summed E-state index contributed by atoms with van der Waals surface area (Å²) >= 11 is 9.23. The van der Waals surface area contributed by atoms with Gasteiger partial charge < -0.3 is 10.1 Å². The monoisotopic (exact) mass is 485 g/mol. The zero-order chi connectivity index (χ0) is 21.5. The Morgan fingerprint density at radius 3 is 2.13 bits per heavy atom. The van der Waals surface area contributed by atoms with E-state index < -0.39 is 18.0 Å². The van der Waals surface area contributed by atoms with E-state index in [1.54, 1.807) is 78.9 Å². The Bertz CT molecular complexity index is 1040. The molecule has 0 bridgehead atoms. The summed E-state index contributed by atoms with van der Waals surface area (Å²) in [5.41, 5.74) is 1.30. The zero-order valence-corrected chi connectivity index (χ0v) is 18.0. The van der Waals surface area contributed by atoms with Gasteiger partial charge >= 0.3 is 5.97 Å². The maximum Gasteiger partial charge on any atom is 0.326 e. The van der Waals surface area contributed by atoms with E-state index >= 15 is 0 Å². The number of hydrogen-bond acceptors (Lipinski definition) is 4. The summed E-state index contributed by atoms with van der Waals surface area (Å²) in [6, 6.07) is 21.7. The number of carbonyl (C=O) groups excluding carboxylic acids is 3. The van der Waals surface area contributed by atoms with Crippen molar-refractivity contribution in [3.63, 3.8) is 0 Å². The molecule has 30 heavy (non-hydrogen) atoms. The van der Waals surface area contributed by atoms with Crippen molar-refractivity contribution in [2.75, 3.05) is 6.54 Å². The lowest BCUT2D eigenvalue weighted by Gasteiger charge is -2.18. The first-order valence-corrected chi connectivity index (χ1v) is 10.2. The first-order chi connectivity index (χ1) is 14.4. The number of ether oxygens (including phenoxy) is 1. The molecule has 0 aromatic heterocycles. The van der Waals surface area contributed by atoms with Crippen LogP contribution in [0.1, 0.15) is 32.4 Å². The van der Waals surface area contributed by atoms with E-state index in [0.29, 0.717) is 21.7 Å². The van der Waals surface area contributed by atoms with Crippen LogP contribution in [-0.2, 0) is 9.53 Å². The molecule has 0 aliphatic carbocycles. The van der Waals surface area contributed by atoms with Gasteiger partial charge in [0, 0.05) is 26.2 Å². The molecular formula is C23H17BrClNO4. The van der Waals surface area contributed by atoms with Gasteiger partial charge in [-0.15, -0.1) is 0 Å². The van der Waals surface area contributed by atoms with Crippen molar-refractivity contribution in [1.29, 1.82) is 0 Å². The molecular weight excluding hydrogens is 470 g/mol. The zero-order valence-electron chi connectivity index (χ0n) is 15.7. The molecule has 1 unspecified atom stereocenters. The minimum Gasteiger partial charge on any atom is -0.448 e. The number of amides is 1. The molecule has 0 heterocycles. The molecule has 0 aliphatic heterocycles. The second-order valence-electron chi connectivity index (χ2n) is 6.34. The van der Waals surface area contributed by atoms with Crippen LogP contribution in [0, 0.1) is 0 Å². The van der Waals surface area contributed by atoms with Crippen LogP contribution >= 0.6 is 27.5 Å². The average Bonchev–Trinajstić information content (AvgIpc) is 2.77. The van der Waals surface area contributed by atoms with E-state index in [0.717, 1.165) is 4.47 Å². The number of nitrogens with one attached hydrogen (secondary N) is 1. The highest BCUT2D eigenvalue weighted by atomic mass is 79.9. The van der Waals surface area contributed by atoms with Gasteiger partial charge in [-0.25, -0.2) is 0 Å². The predicted molar refractivity (Wildman–Crippen MR) is 118 cm³/mol. The maximum absolute atomic E-state index is 13.0. The van der Waals surface area contributed by atoms with Gasteiger partial charge in [0.05, 0.1) is 0 Å². The molecule has 5 nitrogen and oxygen atoms in total. The molecule has 7 heteroatoms. The summed E-state index contributed by atoms with van der Waals surface area (Å²) in [6.07, 6.45) is -1.15. The van der Waals surface area contributed by atoms with Gasteiger partial charge in [0.25, 0.3) is 5.91 Å². The van der Waals surface area contributed by atoms with E-state index in [9.17, 15) is 14.4 Å². The molecule has 1 N–H and O–H groups in total. The fourth-order valence-electron chi connectivity index (χ4n) is 2.69. The summed E-state index contributed by atoms with van der Waals surface area (Å²) in [4.78, 5) is 37.5. The lowest BCUT2D eigenvalue weighted by Crippen LogP contribution is -2.32. The Hall–Kier alpha value is -2.96. The molecule has 1 atom stereocenters. The highest BCUT2D eigenvalue weighted by molar-refractivity contribution is 9.10. The van der Waals surface area contributed by atoms with E-state index in [1.165, 1.54) is 0 Å². The minimum absolute atomic E-state index is 0.370. The predicted octanol–water partition coefficient (Wildman–Crippen LogP) is 5.00. The molecule has 3 aromatic rings. The molecule has 0 aliphatic rings. The summed E-state index contributed by atoms with van der Waals surface area (Å²) in [5.74, 6) is -1.52. The van der Waals surface area contributed by atoms with Crippen LogP contribution in [0.15, 0.2) is 83.3 Å². The fraction of sp³-hybridized carbons (Fsp3) is 0.0870. The molecule has 3 rings (SSSR count). The SMILES string of the molecule is O=C(CNC(=O)c1ccc(Br)cc1)OC(C(=O)c1ccccc1)c1ccc(Cl)cc1. The molecule has 1 amide bonds. The van der Waals surface area contributed by atoms with E-state index in [1.807, 2.05) is 0 Å². The standard InChI is InChI=1S/C23H17BrClNO4/c24-18-10-6-17(7-11-18)23(29)26-14-20(27)30-22(16-8-12-19(25)13-9-16)21(28)15-4-2-1-3-5-15/h1-13,22H,14H2,(H,26,29). The first kappa shape index (κ1) is 21.7. The quantitative estimate of drug-likeness (QED) is 0.377. The molecule has 0 fully saturated rings. The molecule has 0 saturated heterocycles. The van der Waals surface area contributed by atoms with Gasteiger partial charge in [0.15, 0.2) is 6.10 Å². The van der Waals surface area contributed by atoms with Crippen molar-refractivity contribution < 1.29 is 19.1 Å². The number of Topliss-reactive ketones (excluding diaryl/α,β-unsaturated/α-hetero) is 1. The Kier molecular flexibility index (Phi) is 7.38. The third kappa shape index (κ3) is 5.78.